The molecule has 2 aliphatic rings. The highest BCUT2D eigenvalue weighted by atomic mass is 32.2. The second-order valence-corrected chi connectivity index (χ2v) is 13.2. The molecule has 1 aromatic rings. The van der Waals surface area contributed by atoms with E-state index < -0.39 is 15.4 Å². The summed E-state index contributed by atoms with van der Waals surface area (Å²) >= 11 is 0. The van der Waals surface area contributed by atoms with Crippen molar-refractivity contribution in [2.24, 2.45) is 23.7 Å². The Labute approximate surface area is 211 Å². The van der Waals surface area contributed by atoms with E-state index in [9.17, 15) is 18.3 Å². The zero-order valence-electron chi connectivity index (χ0n) is 22.1. The smallest absolute Gasteiger partial charge is 0.303 e. The van der Waals surface area contributed by atoms with Crippen molar-refractivity contribution in [1.82, 2.24) is 4.90 Å². The zero-order chi connectivity index (χ0) is 26.0. The van der Waals surface area contributed by atoms with Gasteiger partial charge in [0, 0.05) is 38.4 Å². The van der Waals surface area contributed by atoms with Crippen LogP contribution in [0.1, 0.15) is 60.8 Å². The van der Waals surface area contributed by atoms with Crippen molar-refractivity contribution in [3.63, 3.8) is 0 Å². The van der Waals surface area contributed by atoms with Gasteiger partial charge in [-0.05, 0) is 69.1 Å². The molecule has 1 saturated carbocycles. The van der Waals surface area contributed by atoms with E-state index in [1.54, 1.807) is 24.3 Å². The Kier molecular flexibility index (Phi) is 8.87. The molecule has 6 nitrogen and oxygen atoms in total. The largest absolute Gasteiger partial charge is 0.458 e. The molecule has 0 heterocycles. The van der Waals surface area contributed by atoms with Crippen LogP contribution in [0.25, 0.3) is 0 Å². The van der Waals surface area contributed by atoms with Gasteiger partial charge in [-0.1, -0.05) is 38.1 Å². The minimum Gasteiger partial charge on any atom is -0.458 e. The van der Waals surface area contributed by atoms with Crippen LogP contribution in [-0.4, -0.2) is 61.0 Å². The molecule has 7 heteroatoms. The second-order valence-electron chi connectivity index (χ2n) is 11.1. The number of benzene rings is 1. The molecule has 3 rings (SSSR count). The molecule has 0 bridgehead atoms. The third-order valence-corrected chi connectivity index (χ3v) is 10.0. The van der Waals surface area contributed by atoms with Crippen LogP contribution in [0.15, 0.2) is 46.9 Å². The summed E-state index contributed by atoms with van der Waals surface area (Å²) in [7, 11) is -3.34. The van der Waals surface area contributed by atoms with Crippen molar-refractivity contribution in [2.45, 2.75) is 83.4 Å². The Hall–Kier alpha value is -1.70. The van der Waals surface area contributed by atoms with Gasteiger partial charge in [-0.25, -0.2) is 8.42 Å². The maximum atomic E-state index is 12.9. The number of esters is 1. The van der Waals surface area contributed by atoms with Gasteiger partial charge in [-0.2, -0.15) is 0 Å². The Morgan fingerprint density at radius 1 is 1.20 bits per heavy atom. The van der Waals surface area contributed by atoms with Crippen LogP contribution < -0.4 is 0 Å². The van der Waals surface area contributed by atoms with Crippen molar-refractivity contribution in [3.05, 3.63) is 42.0 Å². The summed E-state index contributed by atoms with van der Waals surface area (Å²) in [6.45, 7) is 13.2. The summed E-state index contributed by atoms with van der Waals surface area (Å²) in [5.74, 6) is 0.425. The summed E-state index contributed by atoms with van der Waals surface area (Å²) in [6, 6.07) is 8.86. The first-order chi connectivity index (χ1) is 16.3. The van der Waals surface area contributed by atoms with E-state index >= 15 is 0 Å². The van der Waals surface area contributed by atoms with Gasteiger partial charge in [-0.15, -0.1) is 0 Å². The van der Waals surface area contributed by atoms with E-state index in [0.29, 0.717) is 17.9 Å². The van der Waals surface area contributed by atoms with Crippen LogP contribution in [0.3, 0.4) is 0 Å². The number of fused-ring (bicyclic) bond motifs is 1. The molecule has 1 aromatic carbocycles. The second kappa shape index (κ2) is 11.1. The molecule has 0 radical (unpaired) electrons. The van der Waals surface area contributed by atoms with Crippen molar-refractivity contribution in [2.75, 3.05) is 18.8 Å². The van der Waals surface area contributed by atoms with E-state index in [4.69, 9.17) is 4.74 Å². The molecule has 0 spiro atoms. The third kappa shape index (κ3) is 6.36. The first-order valence-electron chi connectivity index (χ1n) is 12.9. The van der Waals surface area contributed by atoms with Gasteiger partial charge in [0.1, 0.15) is 6.10 Å². The highest BCUT2D eigenvalue weighted by molar-refractivity contribution is 7.91. The van der Waals surface area contributed by atoms with E-state index in [-0.39, 0.29) is 47.5 Å². The monoisotopic (exact) mass is 505 g/mol. The average Bonchev–Trinajstić information content (AvgIpc) is 2.79. The highest BCUT2D eigenvalue weighted by Crippen LogP contribution is 2.51. The predicted molar refractivity (Wildman–Crippen MR) is 139 cm³/mol. The van der Waals surface area contributed by atoms with Crippen molar-refractivity contribution >= 4 is 15.8 Å². The molecule has 0 saturated heterocycles. The maximum Gasteiger partial charge on any atom is 0.303 e. The standard InChI is InChI=1S/C28H43NO5S/c1-19(2)29(14-15-35(32,33)24-10-8-7-9-11-24)18-21(4)25-13-12-22(5)28(31)17-27(34-23(6)30)20(3)16-26(25)28/h7-11,16,19,21-22,25-27,31H,12-15,17-18H2,1-6H3/t21-,22-,25+,26-,27-,28-/m1/s1. The lowest BCUT2D eigenvalue weighted by molar-refractivity contribution is -0.159. The lowest BCUT2D eigenvalue weighted by atomic mass is 9.57. The first kappa shape index (κ1) is 27.9. The average molecular weight is 506 g/mol. The summed E-state index contributed by atoms with van der Waals surface area (Å²) in [5, 5.41) is 11.8. The number of rotatable bonds is 9. The molecule has 0 unspecified atom stereocenters. The number of hydrogen-bond acceptors (Lipinski definition) is 6. The Balaban J connectivity index is 1.75. The maximum absolute atomic E-state index is 12.9. The van der Waals surface area contributed by atoms with Crippen LogP contribution in [0.2, 0.25) is 0 Å². The quantitative estimate of drug-likeness (QED) is 0.393. The molecule has 2 aliphatic carbocycles. The minimum atomic E-state index is -3.34. The summed E-state index contributed by atoms with van der Waals surface area (Å²) < 4.78 is 31.2. The SMILES string of the molecule is CC(=O)O[C@@H]1C[C@@]2(O)[C@H](C)CC[C@@H]([C@H](C)CN(CCS(=O)(=O)c3ccccc3)C(C)C)[C@H]2C=C1C. The van der Waals surface area contributed by atoms with E-state index in [1.807, 2.05) is 13.0 Å². The van der Waals surface area contributed by atoms with Gasteiger partial charge >= 0.3 is 5.97 Å². The Morgan fingerprint density at radius 3 is 2.46 bits per heavy atom. The molecule has 1 fully saturated rings. The fourth-order valence-corrected chi connectivity index (χ4v) is 7.33. The molecule has 0 amide bonds. The number of sulfone groups is 1. The molecule has 0 aliphatic heterocycles. The molecular formula is C28H43NO5S. The normalized spacial score (nSPS) is 30.0. The molecule has 1 N–H and O–H groups in total. The van der Waals surface area contributed by atoms with Crippen LogP contribution in [-0.2, 0) is 19.4 Å². The zero-order valence-corrected chi connectivity index (χ0v) is 22.9. The first-order valence-corrected chi connectivity index (χ1v) is 14.6. The number of hydrogen-bond donors (Lipinski definition) is 1. The minimum absolute atomic E-state index is 0.00452. The number of carbonyl (C=O) groups excluding carboxylic acids is 1. The van der Waals surface area contributed by atoms with Crippen molar-refractivity contribution in [1.29, 1.82) is 0 Å². The summed E-state index contributed by atoms with van der Waals surface area (Å²) in [6.07, 6.45) is 4.15. The van der Waals surface area contributed by atoms with Crippen LogP contribution >= 0.6 is 0 Å². The van der Waals surface area contributed by atoms with Crippen molar-refractivity contribution in [3.8, 4) is 0 Å². The number of carbonyl (C=O) groups is 1. The van der Waals surface area contributed by atoms with E-state index in [2.05, 4.69) is 38.7 Å². The van der Waals surface area contributed by atoms with Gasteiger partial charge in [0.15, 0.2) is 9.84 Å². The summed E-state index contributed by atoms with van der Waals surface area (Å²) in [4.78, 5) is 14.2. The molecule has 196 valence electrons. The number of nitrogens with zero attached hydrogens (tertiary/aromatic N) is 1. The number of ether oxygens (including phenoxy) is 1. The highest BCUT2D eigenvalue weighted by Gasteiger charge is 2.52. The van der Waals surface area contributed by atoms with Crippen molar-refractivity contribution < 1.29 is 23.1 Å². The third-order valence-electron chi connectivity index (χ3n) is 8.33. The Morgan fingerprint density at radius 2 is 1.86 bits per heavy atom. The molecular weight excluding hydrogens is 462 g/mol. The van der Waals surface area contributed by atoms with Gasteiger partial charge in [0.25, 0.3) is 0 Å². The fraction of sp³-hybridized carbons (Fsp3) is 0.679. The topological polar surface area (TPSA) is 83.9 Å². The lowest BCUT2D eigenvalue weighted by Gasteiger charge is -2.53. The molecule has 6 atom stereocenters. The Bertz CT molecular complexity index is 1010. The van der Waals surface area contributed by atoms with Gasteiger partial charge in [-0.3, -0.25) is 9.69 Å². The predicted octanol–water partition coefficient (Wildman–Crippen LogP) is 4.48. The molecule has 35 heavy (non-hydrogen) atoms. The van der Waals surface area contributed by atoms with Crippen LogP contribution in [0.5, 0.6) is 0 Å². The van der Waals surface area contributed by atoms with E-state index in [1.165, 1.54) is 6.92 Å². The summed E-state index contributed by atoms with van der Waals surface area (Å²) in [5.41, 5.74) is 0.103. The molecule has 0 aromatic heterocycles. The lowest BCUT2D eigenvalue weighted by Crippen LogP contribution is -2.56. The van der Waals surface area contributed by atoms with Crippen LogP contribution in [0, 0.1) is 23.7 Å². The van der Waals surface area contributed by atoms with Gasteiger partial charge in [0.05, 0.1) is 16.2 Å². The van der Waals surface area contributed by atoms with E-state index in [0.717, 1.165) is 25.0 Å². The van der Waals surface area contributed by atoms with Gasteiger partial charge in [0.2, 0.25) is 0 Å². The number of aliphatic hydroxyl groups is 1. The fourth-order valence-electron chi connectivity index (χ4n) is 6.05. The van der Waals surface area contributed by atoms with Crippen LogP contribution in [0.4, 0.5) is 0 Å². The van der Waals surface area contributed by atoms with Gasteiger partial charge < -0.3 is 9.84 Å².